The van der Waals surface area contributed by atoms with Crippen molar-refractivity contribution >= 4 is 50.4 Å². The first-order chi connectivity index (χ1) is 18.2. The van der Waals surface area contributed by atoms with Crippen molar-refractivity contribution in [2.24, 2.45) is 17.3 Å². The summed E-state index contributed by atoms with van der Waals surface area (Å²) in [7, 11) is 4.70. The molecule has 0 spiro atoms. The third kappa shape index (κ3) is 5.45. The molecular weight excluding hydrogens is 552 g/mol. The summed E-state index contributed by atoms with van der Waals surface area (Å²) in [6.45, 7) is 1.90. The monoisotopic (exact) mass is 576 g/mol. The van der Waals surface area contributed by atoms with Crippen LogP contribution >= 0.6 is 15.9 Å². The van der Waals surface area contributed by atoms with Crippen molar-refractivity contribution in [2.45, 2.75) is 6.92 Å². The van der Waals surface area contributed by atoms with Crippen LogP contribution in [-0.4, -0.2) is 35.7 Å². The van der Waals surface area contributed by atoms with E-state index in [-0.39, 0.29) is 17.3 Å². The van der Waals surface area contributed by atoms with E-state index in [0.717, 1.165) is 15.6 Å². The number of nitrogens with zero attached hydrogens (tertiary/aromatic N) is 3. The van der Waals surface area contributed by atoms with E-state index in [1.807, 2.05) is 13.0 Å². The standard InChI is InChI=1S/C28H25BrN4O5/c1-16-12-19(29)15-21-24(28(36)33(2)25(16)21)31-32-27(35)22(30-26(34)17-8-6-5-7-9-17)14-18-13-20(37-3)10-11-23(18)38-4/h5-15,36H,1-4H3,(H,30,34)/b22-14-,32-31?. The van der Waals surface area contributed by atoms with Crippen LogP contribution < -0.4 is 14.8 Å². The summed E-state index contributed by atoms with van der Waals surface area (Å²) >= 11 is 3.46. The number of carbonyl (C=O) groups excluding carboxylic acids is 2. The Hall–Kier alpha value is -4.44. The smallest absolute Gasteiger partial charge is 0.311 e. The van der Waals surface area contributed by atoms with Gasteiger partial charge in [-0.3, -0.25) is 9.59 Å². The number of azo groups is 1. The van der Waals surface area contributed by atoms with Crippen LogP contribution in [0.15, 0.2) is 81.1 Å². The maximum atomic E-state index is 13.3. The van der Waals surface area contributed by atoms with Crippen LogP contribution in [0.5, 0.6) is 17.4 Å². The summed E-state index contributed by atoms with van der Waals surface area (Å²) < 4.78 is 13.1. The Bertz CT molecular complexity index is 1590. The predicted molar refractivity (Wildman–Crippen MR) is 148 cm³/mol. The van der Waals surface area contributed by atoms with E-state index >= 15 is 0 Å². The van der Waals surface area contributed by atoms with Crippen LogP contribution in [0.3, 0.4) is 0 Å². The van der Waals surface area contributed by atoms with Gasteiger partial charge in [0.15, 0.2) is 5.69 Å². The number of carbonyl (C=O) groups is 2. The van der Waals surface area contributed by atoms with Gasteiger partial charge in [-0.1, -0.05) is 34.1 Å². The molecular formula is C28H25BrN4O5. The van der Waals surface area contributed by atoms with Crippen molar-refractivity contribution in [2.75, 3.05) is 14.2 Å². The molecule has 0 fully saturated rings. The molecule has 194 valence electrons. The number of ether oxygens (including phenoxy) is 2. The van der Waals surface area contributed by atoms with E-state index in [1.165, 1.54) is 20.3 Å². The number of aromatic hydroxyl groups is 1. The second-order valence-corrected chi connectivity index (χ2v) is 9.26. The minimum atomic E-state index is -0.831. The number of aromatic nitrogens is 1. The molecule has 0 radical (unpaired) electrons. The van der Waals surface area contributed by atoms with Crippen LogP contribution in [0.1, 0.15) is 21.5 Å². The second-order valence-electron chi connectivity index (χ2n) is 8.34. The zero-order chi connectivity index (χ0) is 27.4. The molecule has 2 N–H and O–H groups in total. The maximum Gasteiger partial charge on any atom is 0.311 e. The molecule has 10 heteroatoms. The van der Waals surface area contributed by atoms with Gasteiger partial charge in [0.1, 0.15) is 17.2 Å². The molecule has 3 aromatic carbocycles. The van der Waals surface area contributed by atoms with Crippen LogP contribution in [0.4, 0.5) is 5.69 Å². The number of fused-ring (bicyclic) bond motifs is 1. The van der Waals surface area contributed by atoms with Gasteiger partial charge in [-0.15, -0.1) is 10.2 Å². The number of nitrogens with one attached hydrogen (secondary N) is 1. The first-order valence-electron chi connectivity index (χ1n) is 11.5. The average molecular weight is 577 g/mol. The first-order valence-corrected chi connectivity index (χ1v) is 12.3. The number of hydrogen-bond donors (Lipinski definition) is 2. The van der Waals surface area contributed by atoms with Crippen molar-refractivity contribution < 1.29 is 24.2 Å². The lowest BCUT2D eigenvalue weighted by Crippen LogP contribution is -2.26. The quantitative estimate of drug-likeness (QED) is 0.205. The average Bonchev–Trinajstić information content (AvgIpc) is 3.15. The van der Waals surface area contributed by atoms with Gasteiger partial charge in [-0.25, -0.2) is 0 Å². The van der Waals surface area contributed by atoms with Gasteiger partial charge < -0.3 is 24.5 Å². The number of benzene rings is 3. The lowest BCUT2D eigenvalue weighted by Gasteiger charge is -2.10. The van der Waals surface area contributed by atoms with Crippen LogP contribution in [0.25, 0.3) is 17.0 Å². The largest absolute Gasteiger partial charge is 0.497 e. The van der Waals surface area contributed by atoms with Crippen molar-refractivity contribution in [3.63, 3.8) is 0 Å². The fourth-order valence-corrected chi connectivity index (χ4v) is 4.61. The van der Waals surface area contributed by atoms with E-state index in [4.69, 9.17) is 9.47 Å². The lowest BCUT2D eigenvalue weighted by atomic mass is 10.1. The SMILES string of the molecule is COc1ccc(OC)c(/C=C(\NC(=O)c2ccccc2)C(=O)N=Nc2c(O)n(C)c3c(C)cc(Br)cc23)c1. The molecule has 1 aromatic heterocycles. The number of methoxy groups -OCH3 is 2. The Labute approximate surface area is 227 Å². The minimum absolute atomic E-state index is 0.132. The van der Waals surface area contributed by atoms with Crippen LogP contribution in [0, 0.1) is 6.92 Å². The van der Waals surface area contributed by atoms with Gasteiger partial charge in [-0.2, -0.15) is 0 Å². The van der Waals surface area contributed by atoms with E-state index in [9.17, 15) is 14.7 Å². The van der Waals surface area contributed by atoms with Crippen molar-refractivity contribution in [1.82, 2.24) is 9.88 Å². The minimum Gasteiger partial charge on any atom is -0.497 e. The Balaban J connectivity index is 1.78. The van der Waals surface area contributed by atoms with Crippen LogP contribution in [0.2, 0.25) is 0 Å². The molecule has 0 aliphatic carbocycles. The second kappa shape index (κ2) is 11.3. The molecule has 0 saturated carbocycles. The van der Waals surface area contributed by atoms with Gasteiger partial charge in [-0.05, 0) is 61.0 Å². The van der Waals surface area contributed by atoms with Gasteiger partial charge in [0.25, 0.3) is 5.91 Å². The Morgan fingerprint density at radius 1 is 1.05 bits per heavy atom. The molecule has 9 nitrogen and oxygen atoms in total. The van der Waals surface area contributed by atoms with Crippen molar-refractivity contribution in [1.29, 1.82) is 0 Å². The molecule has 2 amide bonds. The highest BCUT2D eigenvalue weighted by Crippen LogP contribution is 2.40. The summed E-state index contributed by atoms with van der Waals surface area (Å²) in [5, 5.41) is 21.9. The third-order valence-corrected chi connectivity index (χ3v) is 6.34. The topological polar surface area (TPSA) is 115 Å². The first kappa shape index (κ1) is 26.6. The normalized spacial score (nSPS) is 11.7. The fourth-order valence-electron chi connectivity index (χ4n) is 4.04. The van der Waals surface area contributed by atoms with E-state index in [0.29, 0.717) is 28.0 Å². The van der Waals surface area contributed by atoms with Crippen molar-refractivity contribution in [3.05, 3.63) is 87.5 Å². The molecule has 0 saturated heterocycles. The Kier molecular flexibility index (Phi) is 7.92. The molecule has 0 unspecified atom stereocenters. The summed E-state index contributed by atoms with van der Waals surface area (Å²) in [5.41, 5.74) is 2.47. The zero-order valence-corrected chi connectivity index (χ0v) is 22.7. The van der Waals surface area contributed by atoms with Gasteiger partial charge >= 0.3 is 5.91 Å². The molecule has 0 atom stereocenters. The lowest BCUT2D eigenvalue weighted by molar-refractivity contribution is -0.115. The third-order valence-electron chi connectivity index (χ3n) is 5.88. The summed E-state index contributed by atoms with van der Waals surface area (Å²) in [6.07, 6.45) is 1.44. The van der Waals surface area contributed by atoms with E-state index in [2.05, 4.69) is 31.5 Å². The highest BCUT2D eigenvalue weighted by atomic mass is 79.9. The van der Waals surface area contributed by atoms with E-state index in [1.54, 1.807) is 66.2 Å². The van der Waals surface area contributed by atoms with Gasteiger partial charge in [0.2, 0.25) is 5.88 Å². The highest BCUT2D eigenvalue weighted by Gasteiger charge is 2.19. The van der Waals surface area contributed by atoms with Gasteiger partial charge in [0, 0.05) is 28.0 Å². The number of halogens is 1. The predicted octanol–water partition coefficient (Wildman–Crippen LogP) is 6.05. The number of rotatable bonds is 7. The Morgan fingerprint density at radius 2 is 1.79 bits per heavy atom. The summed E-state index contributed by atoms with van der Waals surface area (Å²) in [6, 6.07) is 17.2. The molecule has 1 heterocycles. The molecule has 0 aliphatic heterocycles. The Morgan fingerprint density at radius 3 is 2.47 bits per heavy atom. The summed E-state index contributed by atoms with van der Waals surface area (Å²) in [5.74, 6) is -0.501. The molecule has 0 bridgehead atoms. The number of hydrogen-bond acceptors (Lipinski definition) is 6. The van der Waals surface area contributed by atoms with Crippen LogP contribution in [-0.2, 0) is 11.8 Å². The fraction of sp³-hybridized carbons (Fsp3) is 0.143. The van der Waals surface area contributed by atoms with Gasteiger partial charge in [0.05, 0.1) is 19.7 Å². The highest BCUT2D eigenvalue weighted by molar-refractivity contribution is 9.10. The van der Waals surface area contributed by atoms with Crippen molar-refractivity contribution in [3.8, 4) is 17.4 Å². The molecule has 38 heavy (non-hydrogen) atoms. The molecule has 4 rings (SSSR count). The van der Waals surface area contributed by atoms with E-state index < -0.39 is 11.8 Å². The number of amides is 2. The molecule has 0 aliphatic rings. The molecule has 4 aromatic rings. The maximum absolute atomic E-state index is 13.3. The zero-order valence-electron chi connectivity index (χ0n) is 21.2. The number of aryl methyl sites for hydroxylation is 2. The summed E-state index contributed by atoms with van der Waals surface area (Å²) in [4.78, 5) is 26.2.